The van der Waals surface area contributed by atoms with E-state index in [0.29, 0.717) is 11.7 Å². The van der Waals surface area contributed by atoms with Gasteiger partial charge in [0.1, 0.15) is 5.78 Å². The Morgan fingerprint density at radius 3 is 0.485 bits per heavy atom. The van der Waals surface area contributed by atoms with Crippen LogP contribution in [-0.2, 0) is 4.79 Å². The molecule has 0 saturated heterocycles. The fourth-order valence-corrected chi connectivity index (χ4v) is 11.3. The van der Waals surface area contributed by atoms with E-state index in [1.807, 2.05) is 0 Å². The highest BCUT2D eigenvalue weighted by Crippen LogP contribution is 2.24. The van der Waals surface area contributed by atoms with Crippen LogP contribution in [0.25, 0.3) is 0 Å². The molecular formula is C67H134O. The average Bonchev–Trinajstić information content (AvgIpc) is 3.35. The molecule has 1 heteroatoms. The highest BCUT2D eigenvalue weighted by molar-refractivity contribution is 5.80. The zero-order valence-corrected chi connectivity index (χ0v) is 48.3. The lowest BCUT2D eigenvalue weighted by atomic mass is 9.88. The first kappa shape index (κ1) is 67.7. The van der Waals surface area contributed by atoms with Crippen LogP contribution in [0.15, 0.2) is 0 Å². The van der Waals surface area contributed by atoms with E-state index in [1.54, 1.807) is 0 Å². The Morgan fingerprint density at radius 1 is 0.191 bits per heavy atom. The fourth-order valence-electron chi connectivity index (χ4n) is 11.3. The summed E-state index contributed by atoms with van der Waals surface area (Å²) in [6, 6.07) is 0. The molecule has 0 aromatic carbocycles. The third kappa shape index (κ3) is 58.2. The number of Topliss-reactive ketones (excluding diaryl/α,β-unsaturated/α-hetero) is 1. The van der Waals surface area contributed by atoms with Gasteiger partial charge in [0.2, 0.25) is 0 Å². The van der Waals surface area contributed by atoms with E-state index in [2.05, 4.69) is 20.8 Å². The molecule has 0 saturated carbocycles. The van der Waals surface area contributed by atoms with E-state index in [9.17, 15) is 4.79 Å². The SMILES string of the molecule is CCCCCCCCCCCCCCCCCCCCCCCCCCCCC(=O)C(CCCCCCCCCCCCCCCCCC)CCCCCCCCCCCCCCCCCCC. The van der Waals surface area contributed by atoms with Gasteiger partial charge >= 0.3 is 0 Å². The molecule has 0 aliphatic rings. The third-order valence-electron chi connectivity index (χ3n) is 16.3. The monoisotopic (exact) mass is 955 g/mol. The summed E-state index contributed by atoms with van der Waals surface area (Å²) in [4.78, 5) is 13.6. The van der Waals surface area contributed by atoms with Gasteiger partial charge in [-0.1, -0.05) is 393 Å². The van der Waals surface area contributed by atoms with Crippen LogP contribution in [0.5, 0.6) is 0 Å². The molecule has 0 rings (SSSR count). The zero-order chi connectivity index (χ0) is 49.0. The minimum absolute atomic E-state index is 0.359. The van der Waals surface area contributed by atoms with Gasteiger partial charge in [-0.05, 0) is 19.3 Å². The lowest BCUT2D eigenvalue weighted by Crippen LogP contribution is -2.14. The number of hydrogen-bond acceptors (Lipinski definition) is 1. The molecule has 0 aromatic rings. The lowest BCUT2D eigenvalue weighted by molar-refractivity contribution is -0.123. The first-order valence-electron chi connectivity index (χ1n) is 33.3. The van der Waals surface area contributed by atoms with Crippen molar-refractivity contribution in [2.75, 3.05) is 0 Å². The largest absolute Gasteiger partial charge is 0.299 e. The van der Waals surface area contributed by atoms with Crippen molar-refractivity contribution in [1.82, 2.24) is 0 Å². The summed E-state index contributed by atoms with van der Waals surface area (Å²) in [5.41, 5.74) is 0. The molecule has 68 heavy (non-hydrogen) atoms. The highest BCUT2D eigenvalue weighted by atomic mass is 16.1. The minimum atomic E-state index is 0.359. The van der Waals surface area contributed by atoms with E-state index >= 15 is 0 Å². The van der Waals surface area contributed by atoms with Crippen molar-refractivity contribution >= 4 is 5.78 Å². The topological polar surface area (TPSA) is 17.1 Å². The van der Waals surface area contributed by atoms with Crippen LogP contribution in [0.3, 0.4) is 0 Å². The molecule has 0 fully saturated rings. The third-order valence-corrected chi connectivity index (χ3v) is 16.3. The van der Waals surface area contributed by atoms with Crippen molar-refractivity contribution in [2.24, 2.45) is 5.92 Å². The molecule has 0 radical (unpaired) electrons. The van der Waals surface area contributed by atoms with Gasteiger partial charge in [-0.2, -0.15) is 0 Å². The van der Waals surface area contributed by atoms with Crippen LogP contribution < -0.4 is 0 Å². The highest BCUT2D eigenvalue weighted by Gasteiger charge is 2.17. The van der Waals surface area contributed by atoms with Gasteiger partial charge in [0, 0.05) is 12.3 Å². The molecule has 1 atom stereocenters. The molecule has 0 bridgehead atoms. The van der Waals surface area contributed by atoms with Gasteiger partial charge in [-0.3, -0.25) is 4.79 Å². The van der Waals surface area contributed by atoms with Gasteiger partial charge in [-0.15, -0.1) is 0 Å². The predicted octanol–water partition coefficient (Wildman–Crippen LogP) is 25.4. The van der Waals surface area contributed by atoms with E-state index < -0.39 is 0 Å². The van der Waals surface area contributed by atoms with Crippen molar-refractivity contribution in [3.05, 3.63) is 0 Å². The quantitative estimate of drug-likeness (QED) is 0.0555. The van der Waals surface area contributed by atoms with Crippen molar-refractivity contribution in [2.45, 2.75) is 419 Å². The molecular weight excluding hydrogens is 821 g/mol. The van der Waals surface area contributed by atoms with Gasteiger partial charge in [-0.25, -0.2) is 0 Å². The second-order valence-electron chi connectivity index (χ2n) is 23.3. The maximum atomic E-state index is 13.6. The van der Waals surface area contributed by atoms with Crippen molar-refractivity contribution in [3.8, 4) is 0 Å². The van der Waals surface area contributed by atoms with Crippen molar-refractivity contribution in [3.63, 3.8) is 0 Å². The molecule has 0 amide bonds. The minimum Gasteiger partial charge on any atom is -0.299 e. The standard InChI is InChI=1S/C67H134O/c1-4-7-10-13-16-19-22-25-28-31-32-33-34-35-36-37-38-39-41-44-47-50-53-56-59-62-65-67(68)66(63-60-57-54-51-48-45-42-30-27-24-21-18-15-12-9-6-3)64-61-58-55-52-49-46-43-40-29-26-23-20-17-14-11-8-5-2/h66H,4-65H2,1-3H3. The summed E-state index contributed by atoms with van der Waals surface area (Å²) >= 11 is 0. The summed E-state index contributed by atoms with van der Waals surface area (Å²) in [6.07, 6.45) is 87.5. The number of hydrogen-bond donors (Lipinski definition) is 0. The number of carbonyl (C=O) groups excluding carboxylic acids is 1. The Labute approximate surface area is 433 Å². The van der Waals surface area contributed by atoms with Crippen molar-refractivity contribution < 1.29 is 4.79 Å². The summed E-state index contributed by atoms with van der Waals surface area (Å²) < 4.78 is 0. The summed E-state index contributed by atoms with van der Waals surface area (Å²) in [6.45, 7) is 6.94. The molecule has 408 valence electrons. The van der Waals surface area contributed by atoms with Crippen LogP contribution in [0.4, 0.5) is 0 Å². The van der Waals surface area contributed by atoms with E-state index in [1.165, 1.54) is 385 Å². The molecule has 0 N–H and O–H groups in total. The second kappa shape index (κ2) is 62.8. The molecule has 0 heterocycles. The van der Waals surface area contributed by atoms with E-state index in [0.717, 1.165) is 12.8 Å². The van der Waals surface area contributed by atoms with Crippen LogP contribution in [0, 0.1) is 5.92 Å². The number of ketones is 1. The maximum Gasteiger partial charge on any atom is 0.135 e. The Kier molecular flexibility index (Phi) is 62.5. The number of rotatable bonds is 63. The Morgan fingerprint density at radius 2 is 0.324 bits per heavy atom. The van der Waals surface area contributed by atoms with Crippen LogP contribution >= 0.6 is 0 Å². The molecule has 1 unspecified atom stereocenters. The van der Waals surface area contributed by atoms with Crippen LogP contribution in [0.1, 0.15) is 419 Å². The summed E-state index contributed by atoms with van der Waals surface area (Å²) in [5.74, 6) is 0.990. The zero-order valence-electron chi connectivity index (χ0n) is 48.3. The maximum absolute atomic E-state index is 13.6. The van der Waals surface area contributed by atoms with Gasteiger partial charge < -0.3 is 0 Å². The molecule has 0 aliphatic carbocycles. The van der Waals surface area contributed by atoms with Crippen molar-refractivity contribution in [1.29, 1.82) is 0 Å². The molecule has 1 nitrogen and oxygen atoms in total. The van der Waals surface area contributed by atoms with Gasteiger partial charge in [0.15, 0.2) is 0 Å². The number of unbranched alkanes of at least 4 members (excludes halogenated alkanes) is 56. The van der Waals surface area contributed by atoms with Crippen LogP contribution in [0.2, 0.25) is 0 Å². The molecule has 0 aromatic heterocycles. The second-order valence-corrected chi connectivity index (χ2v) is 23.3. The average molecular weight is 956 g/mol. The van der Waals surface area contributed by atoms with Gasteiger partial charge in [0.05, 0.1) is 0 Å². The summed E-state index contributed by atoms with van der Waals surface area (Å²) in [5, 5.41) is 0. The molecule has 0 spiro atoms. The number of carbonyl (C=O) groups is 1. The predicted molar refractivity (Wildman–Crippen MR) is 312 cm³/mol. The fraction of sp³-hybridized carbons (Fsp3) is 0.985. The lowest BCUT2D eigenvalue weighted by Gasteiger charge is -2.16. The Hall–Kier alpha value is -0.330. The first-order valence-corrected chi connectivity index (χ1v) is 33.3. The molecule has 0 aliphatic heterocycles. The Balaban J connectivity index is 3.99. The Bertz CT molecular complexity index is 877. The summed E-state index contributed by atoms with van der Waals surface area (Å²) in [7, 11) is 0. The smallest absolute Gasteiger partial charge is 0.135 e. The van der Waals surface area contributed by atoms with Gasteiger partial charge in [0.25, 0.3) is 0 Å². The normalized spacial score (nSPS) is 12.2. The first-order chi connectivity index (χ1) is 33.8. The van der Waals surface area contributed by atoms with E-state index in [-0.39, 0.29) is 0 Å². The van der Waals surface area contributed by atoms with E-state index in [4.69, 9.17) is 0 Å². The van der Waals surface area contributed by atoms with Crippen LogP contribution in [-0.4, -0.2) is 5.78 Å².